The smallest absolute Gasteiger partial charge is 0.338 e. The average Bonchev–Trinajstić information content (AvgIpc) is 2.37. The Labute approximate surface area is 106 Å². The average molecular weight is 255 g/mol. The Bertz CT molecular complexity index is 427. The molecule has 1 rings (SSSR count). The van der Waals surface area contributed by atoms with Crippen LogP contribution in [0, 0.1) is 0 Å². The molecule has 4 heteroatoms. The van der Waals surface area contributed by atoms with Gasteiger partial charge in [-0.1, -0.05) is 13.0 Å². The van der Waals surface area contributed by atoms with E-state index in [4.69, 9.17) is 16.3 Å². The van der Waals surface area contributed by atoms with Crippen molar-refractivity contribution in [1.82, 2.24) is 0 Å². The number of esters is 1. The minimum Gasteiger partial charge on any atom is -0.462 e. The number of Topliss-reactive ketones (excluding diaryl/α,β-unsaturated/α-hetero) is 1. The lowest BCUT2D eigenvalue weighted by Gasteiger charge is -2.08. The van der Waals surface area contributed by atoms with Crippen LogP contribution in [0.2, 0.25) is 0 Å². The molecule has 1 aromatic carbocycles. The Morgan fingerprint density at radius 2 is 1.94 bits per heavy atom. The van der Waals surface area contributed by atoms with E-state index in [2.05, 4.69) is 0 Å². The highest BCUT2D eigenvalue weighted by atomic mass is 35.5. The zero-order valence-electron chi connectivity index (χ0n) is 9.96. The number of carbonyl (C=O) groups is 2. The summed E-state index contributed by atoms with van der Waals surface area (Å²) < 4.78 is 4.91. The zero-order valence-corrected chi connectivity index (χ0v) is 10.7. The third kappa shape index (κ3) is 3.30. The fraction of sp³-hybridized carbons (Fsp3) is 0.385. The van der Waals surface area contributed by atoms with Crippen molar-refractivity contribution in [3.63, 3.8) is 0 Å². The van der Waals surface area contributed by atoms with Gasteiger partial charge in [0.25, 0.3) is 0 Å². The van der Waals surface area contributed by atoms with Gasteiger partial charge in [-0.15, -0.1) is 11.6 Å². The second kappa shape index (κ2) is 6.40. The molecule has 0 saturated carbocycles. The predicted molar refractivity (Wildman–Crippen MR) is 66.6 cm³/mol. The van der Waals surface area contributed by atoms with E-state index in [1.807, 2.05) is 0 Å². The molecule has 17 heavy (non-hydrogen) atoms. The van der Waals surface area contributed by atoms with E-state index in [1.54, 1.807) is 32.0 Å². The van der Waals surface area contributed by atoms with Gasteiger partial charge in [0.2, 0.25) is 0 Å². The van der Waals surface area contributed by atoms with Crippen molar-refractivity contribution in [2.45, 2.75) is 26.1 Å². The van der Waals surface area contributed by atoms with Crippen LogP contribution in [0.5, 0.6) is 0 Å². The van der Waals surface area contributed by atoms with Crippen LogP contribution in [0.4, 0.5) is 0 Å². The molecule has 92 valence electrons. The number of hydrogen-bond acceptors (Lipinski definition) is 3. The van der Waals surface area contributed by atoms with Crippen molar-refractivity contribution in [2.75, 3.05) is 6.61 Å². The number of benzene rings is 1. The molecule has 0 fully saturated rings. The highest BCUT2D eigenvalue weighted by Crippen LogP contribution is 2.17. The molecule has 0 saturated heterocycles. The van der Waals surface area contributed by atoms with Crippen LogP contribution in [0.1, 0.15) is 46.5 Å². The molecule has 0 bridgehead atoms. The number of halogens is 1. The van der Waals surface area contributed by atoms with Gasteiger partial charge in [-0.05, 0) is 24.6 Å². The maximum Gasteiger partial charge on any atom is 0.338 e. The number of ether oxygens (including phenoxy) is 1. The minimum absolute atomic E-state index is 0.0833. The normalized spacial score (nSPS) is 10.1. The summed E-state index contributed by atoms with van der Waals surface area (Å²) in [7, 11) is 0. The Balaban J connectivity index is 3.19. The number of rotatable bonds is 5. The summed E-state index contributed by atoms with van der Waals surface area (Å²) in [4.78, 5) is 23.4. The van der Waals surface area contributed by atoms with Crippen LogP contribution >= 0.6 is 11.6 Å². The lowest BCUT2D eigenvalue weighted by molar-refractivity contribution is 0.0523. The molecule has 0 aromatic heterocycles. The first kappa shape index (κ1) is 13.7. The monoisotopic (exact) mass is 254 g/mol. The summed E-state index contributed by atoms with van der Waals surface area (Å²) in [5.74, 6) is -0.238. The van der Waals surface area contributed by atoms with Gasteiger partial charge in [-0.25, -0.2) is 4.79 Å². The van der Waals surface area contributed by atoms with Gasteiger partial charge in [0, 0.05) is 17.9 Å². The van der Waals surface area contributed by atoms with Gasteiger partial charge >= 0.3 is 5.97 Å². The number of alkyl halides is 1. The van der Waals surface area contributed by atoms with Crippen molar-refractivity contribution >= 4 is 23.4 Å². The van der Waals surface area contributed by atoms with E-state index in [1.165, 1.54) is 0 Å². The van der Waals surface area contributed by atoms with Crippen LogP contribution < -0.4 is 0 Å². The van der Waals surface area contributed by atoms with Gasteiger partial charge in [-0.2, -0.15) is 0 Å². The van der Waals surface area contributed by atoms with Gasteiger partial charge < -0.3 is 4.74 Å². The molecule has 0 radical (unpaired) electrons. The van der Waals surface area contributed by atoms with Crippen LogP contribution in [0.3, 0.4) is 0 Å². The summed E-state index contributed by atoms with van der Waals surface area (Å²) in [6.07, 6.45) is 0.345. The van der Waals surface area contributed by atoms with Crippen molar-refractivity contribution in [3.8, 4) is 0 Å². The first-order chi connectivity index (χ1) is 8.13. The Morgan fingerprint density at radius 1 is 1.24 bits per heavy atom. The predicted octanol–water partition coefficient (Wildman–Crippen LogP) is 3.19. The molecular weight excluding hydrogens is 240 g/mol. The first-order valence-electron chi connectivity index (χ1n) is 5.53. The van der Waals surface area contributed by atoms with Crippen LogP contribution in [-0.2, 0) is 10.6 Å². The summed E-state index contributed by atoms with van der Waals surface area (Å²) in [5, 5.41) is 0. The van der Waals surface area contributed by atoms with Crippen molar-refractivity contribution in [1.29, 1.82) is 0 Å². The Morgan fingerprint density at radius 3 is 2.47 bits per heavy atom. The maximum atomic E-state index is 11.8. The minimum atomic E-state index is -0.467. The molecule has 1 aromatic rings. The van der Waals surface area contributed by atoms with Gasteiger partial charge in [0.15, 0.2) is 5.78 Å². The second-order valence-corrected chi connectivity index (χ2v) is 3.78. The molecule has 0 amide bonds. The lowest BCUT2D eigenvalue weighted by atomic mass is 9.99. The summed E-state index contributed by atoms with van der Waals surface area (Å²) >= 11 is 5.71. The maximum absolute atomic E-state index is 11.8. The van der Waals surface area contributed by atoms with Crippen LogP contribution in [-0.4, -0.2) is 18.4 Å². The highest BCUT2D eigenvalue weighted by molar-refractivity contribution is 6.17. The molecule has 0 aliphatic rings. The van der Waals surface area contributed by atoms with Gasteiger partial charge in [0.05, 0.1) is 12.2 Å². The largest absolute Gasteiger partial charge is 0.462 e. The molecular formula is C13H15ClO3. The summed E-state index contributed by atoms with van der Waals surface area (Å²) in [5.41, 5.74) is 1.52. The first-order valence-corrected chi connectivity index (χ1v) is 6.06. The van der Waals surface area contributed by atoms with E-state index in [9.17, 15) is 9.59 Å². The molecule has 0 atom stereocenters. The fourth-order valence-corrected chi connectivity index (χ4v) is 1.65. The quantitative estimate of drug-likeness (QED) is 0.460. The molecule has 0 N–H and O–H groups in total. The lowest BCUT2D eigenvalue weighted by Crippen LogP contribution is -2.12. The summed E-state index contributed by atoms with van der Waals surface area (Å²) in [6, 6.07) is 4.98. The molecule has 0 heterocycles. The molecule has 0 unspecified atom stereocenters. The zero-order chi connectivity index (χ0) is 12.8. The van der Waals surface area contributed by atoms with Crippen LogP contribution in [0.25, 0.3) is 0 Å². The van der Waals surface area contributed by atoms with Crippen LogP contribution in [0.15, 0.2) is 18.2 Å². The van der Waals surface area contributed by atoms with E-state index in [-0.39, 0.29) is 12.4 Å². The molecule has 3 nitrogen and oxygen atoms in total. The van der Waals surface area contributed by atoms with Crippen molar-refractivity contribution in [2.24, 2.45) is 0 Å². The third-order valence-corrected chi connectivity index (χ3v) is 2.66. The van der Waals surface area contributed by atoms with E-state index in [0.717, 1.165) is 5.56 Å². The fourth-order valence-electron chi connectivity index (χ4n) is 1.48. The molecule has 0 aliphatic carbocycles. The van der Waals surface area contributed by atoms with Gasteiger partial charge in [0.1, 0.15) is 0 Å². The number of hydrogen-bond donors (Lipinski definition) is 0. The van der Waals surface area contributed by atoms with Crippen molar-refractivity contribution in [3.05, 3.63) is 34.9 Å². The molecule has 0 spiro atoms. The SMILES string of the molecule is CCOC(=O)c1ccc(CCl)cc1C(=O)CC. The Hall–Kier alpha value is -1.35. The second-order valence-electron chi connectivity index (χ2n) is 3.51. The topological polar surface area (TPSA) is 43.4 Å². The van der Waals surface area contributed by atoms with E-state index < -0.39 is 5.97 Å². The van der Waals surface area contributed by atoms with Gasteiger partial charge in [-0.3, -0.25) is 4.79 Å². The van der Waals surface area contributed by atoms with Crippen molar-refractivity contribution < 1.29 is 14.3 Å². The van der Waals surface area contributed by atoms with E-state index >= 15 is 0 Å². The standard InChI is InChI=1S/C13H15ClO3/c1-3-12(15)11-7-9(8-14)5-6-10(11)13(16)17-4-2/h5-7H,3-4,8H2,1-2H3. The third-order valence-electron chi connectivity index (χ3n) is 2.36. The number of carbonyl (C=O) groups excluding carboxylic acids is 2. The number of ketones is 1. The Kier molecular flexibility index (Phi) is 5.16. The summed E-state index contributed by atoms with van der Waals surface area (Å²) in [6.45, 7) is 3.77. The molecule has 0 aliphatic heterocycles. The van der Waals surface area contributed by atoms with E-state index in [0.29, 0.717) is 23.4 Å². The highest BCUT2D eigenvalue weighted by Gasteiger charge is 2.17.